The Morgan fingerprint density at radius 3 is 2.54 bits per heavy atom. The molecule has 2 aromatic carbocycles. The van der Waals surface area contributed by atoms with Gasteiger partial charge in [-0.1, -0.05) is 28.1 Å². The number of nitrogens with zero attached hydrogens (tertiary/aromatic N) is 1. The van der Waals surface area contributed by atoms with Crippen molar-refractivity contribution in [1.82, 2.24) is 15.3 Å². The Morgan fingerprint density at radius 2 is 1.92 bits per heavy atom. The van der Waals surface area contributed by atoms with Crippen molar-refractivity contribution in [2.75, 3.05) is 0 Å². The number of nitrogens with one attached hydrogen (secondary N) is 2. The van der Waals surface area contributed by atoms with Crippen molar-refractivity contribution in [1.29, 1.82) is 0 Å². The Bertz CT molecular complexity index is 939. The molecule has 9 heteroatoms. The van der Waals surface area contributed by atoms with E-state index in [9.17, 15) is 18.0 Å². The van der Waals surface area contributed by atoms with E-state index < -0.39 is 23.9 Å². The van der Waals surface area contributed by atoms with Gasteiger partial charge in [0.05, 0.1) is 22.6 Å². The fourth-order valence-corrected chi connectivity index (χ4v) is 2.86. The van der Waals surface area contributed by atoms with Crippen molar-refractivity contribution in [3.05, 3.63) is 63.9 Å². The van der Waals surface area contributed by atoms with E-state index in [4.69, 9.17) is 5.11 Å². The lowest BCUT2D eigenvalue weighted by Gasteiger charge is -2.14. The third-order valence-electron chi connectivity index (χ3n) is 3.81. The maximum Gasteiger partial charge on any atom is 0.416 e. The summed E-state index contributed by atoms with van der Waals surface area (Å²) in [7, 11) is 0. The highest BCUT2D eigenvalue weighted by Gasteiger charge is 2.31. The fraction of sp³-hybridized carbons (Fsp3) is 0.176. The minimum atomic E-state index is -4.46. The summed E-state index contributed by atoms with van der Waals surface area (Å²) in [6.45, 7) is 0. The lowest BCUT2D eigenvalue weighted by Crippen LogP contribution is -2.29. The summed E-state index contributed by atoms with van der Waals surface area (Å²) in [5.41, 5.74) is 0.586. The van der Waals surface area contributed by atoms with Crippen molar-refractivity contribution < 1.29 is 23.1 Å². The molecule has 1 atom stereocenters. The van der Waals surface area contributed by atoms with Crippen molar-refractivity contribution in [3.63, 3.8) is 0 Å². The molecule has 3 aromatic rings. The van der Waals surface area contributed by atoms with Crippen LogP contribution < -0.4 is 5.32 Å². The predicted molar refractivity (Wildman–Crippen MR) is 92.8 cm³/mol. The van der Waals surface area contributed by atoms with Crippen LogP contribution in [-0.4, -0.2) is 21.2 Å². The van der Waals surface area contributed by atoms with Crippen LogP contribution in [0.2, 0.25) is 0 Å². The van der Waals surface area contributed by atoms with E-state index in [0.29, 0.717) is 11.9 Å². The number of benzene rings is 2. The van der Waals surface area contributed by atoms with Crippen molar-refractivity contribution in [2.24, 2.45) is 0 Å². The third kappa shape index (κ3) is 4.16. The molecule has 3 rings (SSSR count). The zero-order chi connectivity index (χ0) is 18.9. The van der Waals surface area contributed by atoms with Gasteiger partial charge in [-0.2, -0.15) is 13.2 Å². The number of amides is 1. The number of H-pyrrole nitrogens is 1. The molecule has 1 amide bonds. The molecule has 1 heterocycles. The number of aromatic amines is 1. The lowest BCUT2D eigenvalue weighted by molar-refractivity contribution is -0.137. The van der Waals surface area contributed by atoms with Gasteiger partial charge in [-0.25, -0.2) is 9.78 Å². The number of alkyl halides is 3. The minimum Gasteiger partial charge on any atom is -0.465 e. The standard InChI is InChI=1S/C17H13BrF3N3O2/c18-11-4-1-9(2-5-11)7-14(24-16(25)26)15-22-12-6-3-10(17(19,20)21)8-13(12)23-15/h1-6,8,14,24H,7H2,(H,22,23)(H,25,26)/t14-/m1/s1. The van der Waals surface area contributed by atoms with E-state index in [1.807, 2.05) is 24.3 Å². The highest BCUT2D eigenvalue weighted by atomic mass is 79.9. The van der Waals surface area contributed by atoms with Gasteiger partial charge in [0.2, 0.25) is 0 Å². The molecule has 0 bridgehead atoms. The average Bonchev–Trinajstić information content (AvgIpc) is 2.98. The Balaban J connectivity index is 1.95. The Kier molecular flexibility index (Phi) is 4.90. The van der Waals surface area contributed by atoms with Crippen molar-refractivity contribution in [2.45, 2.75) is 18.6 Å². The van der Waals surface area contributed by atoms with Crippen LogP contribution in [0.3, 0.4) is 0 Å². The van der Waals surface area contributed by atoms with Gasteiger partial charge in [-0.05, 0) is 35.9 Å². The largest absolute Gasteiger partial charge is 0.465 e. The molecule has 0 spiro atoms. The summed E-state index contributed by atoms with van der Waals surface area (Å²) < 4.78 is 39.4. The highest BCUT2D eigenvalue weighted by molar-refractivity contribution is 9.10. The Morgan fingerprint density at radius 1 is 1.23 bits per heavy atom. The minimum absolute atomic E-state index is 0.197. The van der Waals surface area contributed by atoms with Gasteiger partial charge in [0.25, 0.3) is 0 Å². The van der Waals surface area contributed by atoms with E-state index in [0.717, 1.165) is 22.2 Å². The average molecular weight is 428 g/mol. The molecule has 0 fully saturated rings. The summed E-state index contributed by atoms with van der Waals surface area (Å²) in [5.74, 6) is 0.254. The van der Waals surface area contributed by atoms with Crippen LogP contribution in [0.15, 0.2) is 46.9 Å². The monoisotopic (exact) mass is 427 g/mol. The van der Waals surface area contributed by atoms with Crippen molar-refractivity contribution >= 4 is 33.1 Å². The molecule has 0 saturated heterocycles. The van der Waals surface area contributed by atoms with E-state index in [2.05, 4.69) is 31.2 Å². The number of fused-ring (bicyclic) bond motifs is 1. The fourth-order valence-electron chi connectivity index (χ4n) is 2.59. The summed E-state index contributed by atoms with van der Waals surface area (Å²) >= 11 is 3.32. The van der Waals surface area contributed by atoms with Gasteiger partial charge in [0.15, 0.2) is 0 Å². The Hall–Kier alpha value is -2.55. The van der Waals surface area contributed by atoms with Gasteiger partial charge in [-0.15, -0.1) is 0 Å². The smallest absolute Gasteiger partial charge is 0.416 e. The first kappa shape index (κ1) is 18.2. The number of aromatic nitrogens is 2. The molecule has 5 nitrogen and oxygen atoms in total. The second-order valence-corrected chi connectivity index (χ2v) is 6.60. The molecule has 0 aliphatic rings. The topological polar surface area (TPSA) is 78.0 Å². The SMILES string of the molecule is O=C(O)N[C@H](Cc1ccc(Br)cc1)c1nc2ccc(C(F)(F)F)cc2[nH]1. The molecule has 0 unspecified atom stereocenters. The molecule has 0 radical (unpaired) electrons. The second kappa shape index (κ2) is 6.99. The van der Waals surface area contributed by atoms with Gasteiger partial charge in [0, 0.05) is 10.9 Å². The number of halogens is 4. The molecule has 0 aliphatic heterocycles. The summed E-state index contributed by atoms with van der Waals surface area (Å²) in [5, 5.41) is 11.4. The maximum atomic E-state index is 12.8. The number of hydrogen-bond donors (Lipinski definition) is 3. The molecule has 136 valence electrons. The van der Waals surface area contributed by atoms with Gasteiger partial charge in [-0.3, -0.25) is 0 Å². The molecular weight excluding hydrogens is 415 g/mol. The Labute approximate surface area is 154 Å². The quantitative estimate of drug-likeness (QED) is 0.554. The second-order valence-electron chi connectivity index (χ2n) is 5.68. The van der Waals surface area contributed by atoms with Crippen LogP contribution in [-0.2, 0) is 12.6 Å². The first-order valence-electron chi connectivity index (χ1n) is 7.53. The van der Waals surface area contributed by atoms with E-state index in [1.54, 1.807) is 0 Å². The normalized spacial score (nSPS) is 12.9. The number of carbonyl (C=O) groups is 1. The molecule has 26 heavy (non-hydrogen) atoms. The molecule has 0 aliphatic carbocycles. The maximum absolute atomic E-state index is 12.8. The number of hydrogen-bond acceptors (Lipinski definition) is 2. The number of carboxylic acid groups (broad SMARTS) is 1. The van der Waals surface area contributed by atoms with E-state index >= 15 is 0 Å². The number of rotatable bonds is 4. The summed E-state index contributed by atoms with van der Waals surface area (Å²) in [6.07, 6.45) is -5.41. The molecule has 0 saturated carbocycles. The van der Waals surface area contributed by atoms with Gasteiger partial charge < -0.3 is 15.4 Å². The lowest BCUT2D eigenvalue weighted by atomic mass is 10.1. The molecule has 1 aromatic heterocycles. The zero-order valence-electron chi connectivity index (χ0n) is 13.1. The van der Waals surface area contributed by atoms with Crippen LogP contribution in [0.5, 0.6) is 0 Å². The third-order valence-corrected chi connectivity index (χ3v) is 4.34. The van der Waals surface area contributed by atoms with Crippen molar-refractivity contribution in [3.8, 4) is 0 Å². The molecular formula is C17H13BrF3N3O2. The van der Waals surface area contributed by atoms with Crippen LogP contribution >= 0.6 is 15.9 Å². The number of imidazole rings is 1. The van der Waals surface area contributed by atoms with Crippen LogP contribution in [0.1, 0.15) is 23.0 Å². The zero-order valence-corrected chi connectivity index (χ0v) is 14.7. The highest BCUT2D eigenvalue weighted by Crippen LogP contribution is 2.31. The van der Waals surface area contributed by atoms with Crippen LogP contribution in [0.25, 0.3) is 11.0 Å². The first-order chi connectivity index (χ1) is 12.2. The summed E-state index contributed by atoms with van der Waals surface area (Å²) in [6, 6.07) is 9.73. The molecule has 3 N–H and O–H groups in total. The van der Waals surface area contributed by atoms with E-state index in [1.165, 1.54) is 6.07 Å². The first-order valence-corrected chi connectivity index (χ1v) is 8.32. The van der Waals surface area contributed by atoms with Gasteiger partial charge >= 0.3 is 12.3 Å². The summed E-state index contributed by atoms with van der Waals surface area (Å²) in [4.78, 5) is 18.2. The van der Waals surface area contributed by atoms with Crippen LogP contribution in [0, 0.1) is 0 Å². The van der Waals surface area contributed by atoms with Crippen LogP contribution in [0.4, 0.5) is 18.0 Å². The van der Waals surface area contributed by atoms with E-state index in [-0.39, 0.29) is 11.3 Å². The predicted octanol–water partition coefficient (Wildman–Crippen LogP) is 4.90. The van der Waals surface area contributed by atoms with Gasteiger partial charge in [0.1, 0.15) is 5.82 Å².